The van der Waals surface area contributed by atoms with Crippen LogP contribution in [0.5, 0.6) is 0 Å². The molecule has 1 amide bonds. The van der Waals surface area contributed by atoms with Gasteiger partial charge in [0.1, 0.15) is 0 Å². The van der Waals surface area contributed by atoms with Gasteiger partial charge in [-0.1, -0.05) is 6.92 Å². The third-order valence-electron chi connectivity index (χ3n) is 9.25. The van der Waals surface area contributed by atoms with E-state index in [0.717, 1.165) is 29.6 Å². The van der Waals surface area contributed by atoms with E-state index in [1.807, 2.05) is 0 Å². The zero-order valence-electron chi connectivity index (χ0n) is 15.3. The minimum atomic E-state index is 0.0407. The molecule has 0 radical (unpaired) electrons. The molecular weight excluding hydrogens is 294 g/mol. The van der Waals surface area contributed by atoms with Crippen molar-refractivity contribution < 1.29 is 4.79 Å². The average molecular weight is 328 g/mol. The van der Waals surface area contributed by atoms with Crippen LogP contribution in [0, 0.1) is 40.4 Å². The fraction of sp³-hybridized carbons (Fsp3) is 0.955. The van der Waals surface area contributed by atoms with E-state index < -0.39 is 0 Å². The summed E-state index contributed by atoms with van der Waals surface area (Å²) in [6.07, 6.45) is 16.1. The molecule has 0 aromatic rings. The molecule has 2 unspecified atom stereocenters. The van der Waals surface area contributed by atoms with Gasteiger partial charge in [-0.05, 0) is 112 Å². The van der Waals surface area contributed by atoms with Gasteiger partial charge in [-0.2, -0.15) is 0 Å². The molecule has 0 aromatic carbocycles. The molecule has 8 aliphatic carbocycles. The second kappa shape index (κ2) is 4.41. The van der Waals surface area contributed by atoms with E-state index in [1.54, 1.807) is 0 Å². The van der Waals surface area contributed by atoms with Crippen molar-refractivity contribution in [2.24, 2.45) is 40.4 Å². The standard InChI is InChI=1S/C22H33NO/c1-20-6-17-5-18(7-20)12-22(11-17,13-20)23-19(24)21-8-14-2-15(9-21)4-16(3-14)10-21/h14-18H,2-13H2,1H3,(H,23,24). The van der Waals surface area contributed by atoms with Crippen LogP contribution in [0.25, 0.3) is 0 Å². The van der Waals surface area contributed by atoms with Gasteiger partial charge in [0.25, 0.3) is 0 Å². The summed E-state index contributed by atoms with van der Waals surface area (Å²) >= 11 is 0. The Hall–Kier alpha value is -0.530. The van der Waals surface area contributed by atoms with Crippen molar-refractivity contribution >= 4 is 5.91 Å². The Balaban J connectivity index is 1.27. The van der Waals surface area contributed by atoms with Gasteiger partial charge in [0.15, 0.2) is 0 Å². The summed E-state index contributed by atoms with van der Waals surface area (Å²) in [5.74, 6) is 4.90. The summed E-state index contributed by atoms with van der Waals surface area (Å²) in [6, 6.07) is 0. The van der Waals surface area contributed by atoms with Crippen molar-refractivity contribution in [3.05, 3.63) is 0 Å². The molecule has 0 aliphatic heterocycles. The summed E-state index contributed by atoms with van der Waals surface area (Å²) in [5.41, 5.74) is 0.747. The zero-order valence-corrected chi connectivity index (χ0v) is 15.3. The summed E-state index contributed by atoms with van der Waals surface area (Å²) in [5, 5.41) is 3.77. The predicted molar refractivity (Wildman–Crippen MR) is 94.3 cm³/mol. The molecule has 0 saturated heterocycles. The summed E-state index contributed by atoms with van der Waals surface area (Å²) < 4.78 is 0. The molecular formula is C22H33NO. The van der Waals surface area contributed by atoms with Crippen LogP contribution in [-0.2, 0) is 4.79 Å². The highest BCUT2D eigenvalue weighted by atomic mass is 16.2. The van der Waals surface area contributed by atoms with Crippen LogP contribution < -0.4 is 5.32 Å². The first kappa shape index (κ1) is 14.6. The minimum absolute atomic E-state index is 0.0407. The maximum Gasteiger partial charge on any atom is 0.226 e. The van der Waals surface area contributed by atoms with Crippen LogP contribution in [0.15, 0.2) is 0 Å². The van der Waals surface area contributed by atoms with Gasteiger partial charge in [-0.25, -0.2) is 0 Å². The Bertz CT molecular complexity index is 543. The maximum atomic E-state index is 13.6. The second-order valence-corrected chi connectivity index (χ2v) is 11.7. The fourth-order valence-electron chi connectivity index (χ4n) is 9.63. The van der Waals surface area contributed by atoms with E-state index in [2.05, 4.69) is 12.2 Å². The maximum absolute atomic E-state index is 13.6. The Labute approximate surface area is 146 Å². The number of carbonyl (C=O) groups excluding carboxylic acids is 1. The van der Waals surface area contributed by atoms with Crippen molar-refractivity contribution in [2.75, 3.05) is 0 Å². The average Bonchev–Trinajstić information content (AvgIpc) is 2.42. The highest BCUT2D eigenvalue weighted by Crippen LogP contribution is 2.63. The first-order valence-corrected chi connectivity index (χ1v) is 10.8. The number of carbonyl (C=O) groups is 1. The molecule has 0 spiro atoms. The van der Waals surface area contributed by atoms with Gasteiger partial charge >= 0.3 is 0 Å². The smallest absolute Gasteiger partial charge is 0.226 e. The summed E-state index contributed by atoms with van der Waals surface area (Å²) in [4.78, 5) is 13.6. The van der Waals surface area contributed by atoms with Gasteiger partial charge in [0.2, 0.25) is 5.91 Å². The van der Waals surface area contributed by atoms with Gasteiger partial charge in [-0.3, -0.25) is 4.79 Å². The van der Waals surface area contributed by atoms with Crippen molar-refractivity contribution in [3.8, 4) is 0 Å². The Kier molecular flexibility index (Phi) is 2.69. The molecule has 8 bridgehead atoms. The van der Waals surface area contributed by atoms with Crippen molar-refractivity contribution in [3.63, 3.8) is 0 Å². The molecule has 132 valence electrons. The third-order valence-corrected chi connectivity index (χ3v) is 9.25. The van der Waals surface area contributed by atoms with Gasteiger partial charge in [0, 0.05) is 11.0 Å². The molecule has 2 nitrogen and oxygen atoms in total. The van der Waals surface area contributed by atoms with Gasteiger partial charge in [-0.15, -0.1) is 0 Å². The van der Waals surface area contributed by atoms with Crippen LogP contribution in [0.4, 0.5) is 0 Å². The van der Waals surface area contributed by atoms with E-state index in [-0.39, 0.29) is 11.0 Å². The molecule has 1 N–H and O–H groups in total. The molecule has 8 saturated carbocycles. The van der Waals surface area contributed by atoms with Crippen molar-refractivity contribution in [1.29, 1.82) is 0 Å². The van der Waals surface area contributed by atoms with Crippen LogP contribution >= 0.6 is 0 Å². The Morgan fingerprint density at radius 2 is 1.25 bits per heavy atom. The van der Waals surface area contributed by atoms with Crippen molar-refractivity contribution in [1.82, 2.24) is 5.32 Å². The fourth-order valence-corrected chi connectivity index (χ4v) is 9.63. The quantitative estimate of drug-likeness (QED) is 0.784. The topological polar surface area (TPSA) is 29.1 Å². The lowest BCUT2D eigenvalue weighted by molar-refractivity contribution is -0.154. The number of hydrogen-bond donors (Lipinski definition) is 1. The first-order chi connectivity index (χ1) is 11.4. The van der Waals surface area contributed by atoms with Crippen LogP contribution in [0.1, 0.15) is 84.0 Å². The molecule has 2 heteroatoms. The normalized spacial score (nSPS) is 59.8. The van der Waals surface area contributed by atoms with Gasteiger partial charge in [0.05, 0.1) is 0 Å². The van der Waals surface area contributed by atoms with Crippen molar-refractivity contribution in [2.45, 2.75) is 89.5 Å². The number of hydrogen-bond acceptors (Lipinski definition) is 1. The molecule has 2 atom stereocenters. The zero-order chi connectivity index (χ0) is 16.2. The molecule has 8 rings (SSSR count). The number of rotatable bonds is 2. The minimum Gasteiger partial charge on any atom is -0.350 e. The lowest BCUT2D eigenvalue weighted by atomic mass is 9.46. The monoisotopic (exact) mass is 327 g/mol. The van der Waals surface area contributed by atoms with Gasteiger partial charge < -0.3 is 5.32 Å². The largest absolute Gasteiger partial charge is 0.350 e. The number of amides is 1. The summed E-state index contributed by atoms with van der Waals surface area (Å²) in [7, 11) is 0. The Morgan fingerprint density at radius 1 is 0.750 bits per heavy atom. The molecule has 8 fully saturated rings. The SMILES string of the molecule is CC12CC3CC(C1)CC(NC(=O)C14CC5CC(CC(C5)C1)C4)(C3)C2. The van der Waals surface area contributed by atoms with Crippen LogP contribution in [0.3, 0.4) is 0 Å². The molecule has 8 aliphatic rings. The molecule has 24 heavy (non-hydrogen) atoms. The molecule has 0 aromatic heterocycles. The molecule has 0 heterocycles. The van der Waals surface area contributed by atoms with E-state index in [9.17, 15) is 4.79 Å². The van der Waals surface area contributed by atoms with E-state index in [1.165, 1.54) is 77.0 Å². The first-order valence-electron chi connectivity index (χ1n) is 10.8. The van der Waals surface area contributed by atoms with Crippen LogP contribution in [0.2, 0.25) is 0 Å². The van der Waals surface area contributed by atoms with E-state index in [4.69, 9.17) is 0 Å². The predicted octanol–water partition coefficient (Wildman–Crippen LogP) is 4.68. The summed E-state index contributed by atoms with van der Waals surface area (Å²) in [6.45, 7) is 2.51. The lowest BCUT2D eigenvalue weighted by Gasteiger charge is -2.62. The second-order valence-electron chi connectivity index (χ2n) is 11.7. The highest BCUT2D eigenvalue weighted by molar-refractivity contribution is 5.84. The third kappa shape index (κ3) is 1.98. The lowest BCUT2D eigenvalue weighted by Crippen LogP contribution is -2.65. The highest BCUT2D eigenvalue weighted by Gasteiger charge is 2.59. The van der Waals surface area contributed by atoms with E-state index in [0.29, 0.717) is 11.3 Å². The van der Waals surface area contributed by atoms with Crippen LogP contribution in [-0.4, -0.2) is 11.4 Å². The Morgan fingerprint density at radius 3 is 1.75 bits per heavy atom. The number of nitrogens with one attached hydrogen (secondary N) is 1. The van der Waals surface area contributed by atoms with E-state index >= 15 is 0 Å².